The Kier molecular flexibility index (Phi) is 4.13. The lowest BCUT2D eigenvalue weighted by molar-refractivity contribution is 0.408. The molecule has 1 heterocycles. The van der Waals surface area contributed by atoms with Gasteiger partial charge >= 0.3 is 0 Å². The molecule has 1 aliphatic rings. The minimum Gasteiger partial charge on any atom is -0.399 e. The highest BCUT2D eigenvalue weighted by atomic mass is 32.2. The van der Waals surface area contributed by atoms with Gasteiger partial charge in [-0.05, 0) is 62.5 Å². The predicted molar refractivity (Wildman–Crippen MR) is 71.9 cm³/mol. The molecule has 0 aromatic heterocycles. The summed E-state index contributed by atoms with van der Waals surface area (Å²) in [4.78, 5) is 1.38. The van der Waals surface area contributed by atoms with Crippen LogP contribution in [0.3, 0.4) is 0 Å². The average Bonchev–Trinajstić information content (AvgIpc) is 2.29. The van der Waals surface area contributed by atoms with Gasteiger partial charge in [-0.2, -0.15) is 0 Å². The third-order valence-electron chi connectivity index (χ3n) is 3.13. The summed E-state index contributed by atoms with van der Waals surface area (Å²) in [6, 6.07) is 6.21. The Hall–Kier alpha value is -0.670. The van der Waals surface area contributed by atoms with Gasteiger partial charge in [-0.25, -0.2) is 0 Å². The van der Waals surface area contributed by atoms with Crippen LogP contribution in [0.25, 0.3) is 0 Å². The molecule has 3 N–H and O–H groups in total. The van der Waals surface area contributed by atoms with Gasteiger partial charge in [-0.1, -0.05) is 0 Å². The van der Waals surface area contributed by atoms with Gasteiger partial charge in [0, 0.05) is 16.3 Å². The highest BCUT2D eigenvalue weighted by Crippen LogP contribution is 2.28. The Morgan fingerprint density at radius 1 is 1.38 bits per heavy atom. The van der Waals surface area contributed by atoms with Crippen molar-refractivity contribution in [2.75, 3.05) is 24.6 Å². The maximum atomic E-state index is 5.75. The van der Waals surface area contributed by atoms with Crippen LogP contribution < -0.4 is 11.1 Å². The number of nitrogens with two attached hydrogens (primary N) is 1. The molecule has 0 saturated carbocycles. The summed E-state index contributed by atoms with van der Waals surface area (Å²) in [5.41, 5.74) is 7.92. The number of hydrogen-bond donors (Lipinski definition) is 2. The van der Waals surface area contributed by atoms with Crippen LogP contribution in [-0.2, 0) is 0 Å². The number of rotatable bonds is 3. The molecule has 1 aromatic rings. The van der Waals surface area contributed by atoms with Crippen molar-refractivity contribution in [1.29, 1.82) is 0 Å². The first-order valence-electron chi connectivity index (χ1n) is 5.95. The van der Waals surface area contributed by atoms with E-state index in [9.17, 15) is 0 Å². The second-order valence-electron chi connectivity index (χ2n) is 4.53. The molecule has 0 atom stereocenters. The van der Waals surface area contributed by atoms with Gasteiger partial charge in [0.05, 0.1) is 0 Å². The van der Waals surface area contributed by atoms with Crippen LogP contribution >= 0.6 is 11.8 Å². The average molecular weight is 236 g/mol. The van der Waals surface area contributed by atoms with Gasteiger partial charge in [0.1, 0.15) is 0 Å². The fourth-order valence-electron chi connectivity index (χ4n) is 2.09. The lowest BCUT2D eigenvalue weighted by Crippen LogP contribution is -2.28. The monoisotopic (exact) mass is 236 g/mol. The Morgan fingerprint density at radius 2 is 2.12 bits per heavy atom. The van der Waals surface area contributed by atoms with E-state index >= 15 is 0 Å². The quantitative estimate of drug-likeness (QED) is 0.626. The van der Waals surface area contributed by atoms with Gasteiger partial charge < -0.3 is 11.1 Å². The lowest BCUT2D eigenvalue weighted by Gasteiger charge is -2.22. The second kappa shape index (κ2) is 5.60. The van der Waals surface area contributed by atoms with E-state index in [-0.39, 0.29) is 0 Å². The fourth-order valence-corrected chi connectivity index (χ4v) is 3.29. The Bertz CT molecular complexity index is 346. The summed E-state index contributed by atoms with van der Waals surface area (Å²) in [7, 11) is 0. The topological polar surface area (TPSA) is 38.0 Å². The number of anilines is 1. The minimum atomic E-state index is 0.865. The highest BCUT2D eigenvalue weighted by Gasteiger charge is 2.13. The number of piperidine rings is 1. The molecule has 0 radical (unpaired) electrons. The molecule has 1 saturated heterocycles. The van der Waals surface area contributed by atoms with Crippen molar-refractivity contribution in [2.24, 2.45) is 5.92 Å². The third-order valence-corrected chi connectivity index (χ3v) is 4.54. The van der Waals surface area contributed by atoms with Gasteiger partial charge in [0.15, 0.2) is 0 Å². The number of benzene rings is 1. The van der Waals surface area contributed by atoms with Crippen molar-refractivity contribution in [3.05, 3.63) is 23.8 Å². The van der Waals surface area contributed by atoms with Crippen molar-refractivity contribution in [3.63, 3.8) is 0 Å². The smallest absolute Gasteiger partial charge is 0.0317 e. The summed E-state index contributed by atoms with van der Waals surface area (Å²) in [6.45, 7) is 4.51. The molecular weight excluding hydrogens is 216 g/mol. The van der Waals surface area contributed by atoms with Crippen LogP contribution in [0.5, 0.6) is 0 Å². The molecule has 1 fully saturated rings. The van der Waals surface area contributed by atoms with E-state index in [1.54, 1.807) is 0 Å². The molecule has 0 spiro atoms. The molecule has 1 aromatic carbocycles. The van der Waals surface area contributed by atoms with E-state index in [1.807, 2.05) is 17.8 Å². The van der Waals surface area contributed by atoms with Crippen LogP contribution in [0.2, 0.25) is 0 Å². The maximum Gasteiger partial charge on any atom is 0.0317 e. The normalized spacial score (nSPS) is 17.6. The van der Waals surface area contributed by atoms with Gasteiger partial charge in [-0.15, -0.1) is 11.8 Å². The summed E-state index contributed by atoms with van der Waals surface area (Å²) in [5, 5.41) is 3.41. The molecule has 2 nitrogen and oxygen atoms in total. The van der Waals surface area contributed by atoms with Gasteiger partial charge in [0.25, 0.3) is 0 Å². The van der Waals surface area contributed by atoms with Crippen molar-refractivity contribution in [3.8, 4) is 0 Å². The van der Waals surface area contributed by atoms with E-state index in [4.69, 9.17) is 5.73 Å². The summed E-state index contributed by atoms with van der Waals surface area (Å²) >= 11 is 1.98. The number of hydrogen-bond acceptors (Lipinski definition) is 3. The molecule has 3 heteroatoms. The van der Waals surface area contributed by atoms with Crippen LogP contribution in [0.15, 0.2) is 23.1 Å². The zero-order valence-electron chi connectivity index (χ0n) is 9.83. The highest BCUT2D eigenvalue weighted by molar-refractivity contribution is 7.99. The molecule has 0 aliphatic carbocycles. The molecule has 2 rings (SSSR count). The van der Waals surface area contributed by atoms with Crippen LogP contribution in [-0.4, -0.2) is 18.8 Å². The predicted octanol–water partition coefficient (Wildman–Crippen LogP) is 2.67. The van der Waals surface area contributed by atoms with Crippen molar-refractivity contribution >= 4 is 17.4 Å². The standard InChI is InChI=1S/C13H20N2S/c1-10-8-12(14)2-3-13(10)16-9-11-4-6-15-7-5-11/h2-3,8,11,15H,4-7,9,14H2,1H3. The van der Waals surface area contributed by atoms with Crippen molar-refractivity contribution in [1.82, 2.24) is 5.32 Å². The molecule has 1 aliphatic heterocycles. The van der Waals surface area contributed by atoms with Crippen molar-refractivity contribution < 1.29 is 0 Å². The molecular formula is C13H20N2S. The Morgan fingerprint density at radius 3 is 2.81 bits per heavy atom. The molecule has 0 unspecified atom stereocenters. The van der Waals surface area contributed by atoms with Crippen LogP contribution in [0.4, 0.5) is 5.69 Å². The minimum absolute atomic E-state index is 0.865. The maximum absolute atomic E-state index is 5.75. The lowest BCUT2D eigenvalue weighted by atomic mass is 10.0. The number of nitrogen functional groups attached to an aromatic ring is 1. The number of thioether (sulfide) groups is 1. The van der Waals surface area contributed by atoms with E-state index in [0.717, 1.165) is 11.6 Å². The first kappa shape index (κ1) is 11.8. The first-order chi connectivity index (χ1) is 7.75. The van der Waals surface area contributed by atoms with Crippen molar-refractivity contribution in [2.45, 2.75) is 24.7 Å². The Labute approximate surface area is 102 Å². The molecule has 0 bridgehead atoms. The van der Waals surface area contributed by atoms with E-state index in [0.29, 0.717) is 0 Å². The summed E-state index contributed by atoms with van der Waals surface area (Å²) in [5.74, 6) is 2.12. The first-order valence-corrected chi connectivity index (χ1v) is 6.94. The SMILES string of the molecule is Cc1cc(N)ccc1SCC1CCNCC1. The second-order valence-corrected chi connectivity index (χ2v) is 5.59. The number of nitrogens with one attached hydrogen (secondary N) is 1. The van der Waals surface area contributed by atoms with Gasteiger partial charge in [-0.3, -0.25) is 0 Å². The number of aryl methyl sites for hydroxylation is 1. The van der Waals surface area contributed by atoms with E-state index in [2.05, 4.69) is 24.4 Å². The van der Waals surface area contributed by atoms with Crippen LogP contribution in [0, 0.1) is 12.8 Å². The van der Waals surface area contributed by atoms with Gasteiger partial charge in [0.2, 0.25) is 0 Å². The molecule has 0 amide bonds. The fraction of sp³-hybridized carbons (Fsp3) is 0.538. The zero-order chi connectivity index (χ0) is 11.4. The Balaban J connectivity index is 1.88. The third kappa shape index (κ3) is 3.16. The van der Waals surface area contributed by atoms with E-state index in [1.165, 1.54) is 42.1 Å². The van der Waals surface area contributed by atoms with E-state index < -0.39 is 0 Å². The van der Waals surface area contributed by atoms with Crippen LogP contribution in [0.1, 0.15) is 18.4 Å². The molecule has 16 heavy (non-hydrogen) atoms. The summed E-state index contributed by atoms with van der Waals surface area (Å²) in [6.07, 6.45) is 2.64. The largest absolute Gasteiger partial charge is 0.399 e. The zero-order valence-corrected chi connectivity index (χ0v) is 10.6. The molecule has 88 valence electrons. The summed E-state index contributed by atoms with van der Waals surface area (Å²) < 4.78 is 0.